The van der Waals surface area contributed by atoms with E-state index in [1.807, 2.05) is 12.1 Å². The van der Waals surface area contributed by atoms with Gasteiger partial charge in [0.1, 0.15) is 0 Å². The second-order valence-electron chi connectivity index (χ2n) is 4.18. The molecule has 72 valence electrons. The third-order valence-electron chi connectivity index (χ3n) is 2.99. The first-order valence-corrected chi connectivity index (χ1v) is 5.26. The fraction of sp³-hybridized carbons (Fsp3) is 0.417. The van der Waals surface area contributed by atoms with Gasteiger partial charge in [0, 0.05) is 23.7 Å². The minimum Gasteiger partial charge on any atom is -0.382 e. The van der Waals surface area contributed by atoms with Crippen LogP contribution in [-0.2, 0) is 6.42 Å². The molecular formula is C12H13NO. The normalized spacial score (nSPS) is 19.6. The van der Waals surface area contributed by atoms with Crippen molar-refractivity contribution < 1.29 is 4.79 Å². The van der Waals surface area contributed by atoms with Crippen molar-refractivity contribution in [2.24, 2.45) is 0 Å². The summed E-state index contributed by atoms with van der Waals surface area (Å²) in [6, 6.07) is 6.76. The van der Waals surface area contributed by atoms with E-state index in [0.29, 0.717) is 18.2 Å². The van der Waals surface area contributed by atoms with Crippen LogP contribution in [0.5, 0.6) is 0 Å². The van der Waals surface area contributed by atoms with Crippen molar-refractivity contribution in [3.8, 4) is 0 Å². The molecule has 0 spiro atoms. The van der Waals surface area contributed by atoms with E-state index in [0.717, 1.165) is 17.7 Å². The minimum atomic E-state index is 0.309. The van der Waals surface area contributed by atoms with E-state index in [2.05, 4.69) is 11.4 Å². The lowest BCUT2D eigenvalue weighted by Gasteiger charge is -2.08. The lowest BCUT2D eigenvalue weighted by Crippen LogP contribution is -2.06. The zero-order valence-electron chi connectivity index (χ0n) is 8.05. The topological polar surface area (TPSA) is 29.1 Å². The Morgan fingerprint density at radius 2 is 2.07 bits per heavy atom. The van der Waals surface area contributed by atoms with Gasteiger partial charge in [0.05, 0.1) is 0 Å². The van der Waals surface area contributed by atoms with E-state index < -0.39 is 0 Å². The van der Waals surface area contributed by atoms with Gasteiger partial charge in [0.2, 0.25) is 0 Å². The first-order valence-electron chi connectivity index (χ1n) is 5.26. The summed E-state index contributed by atoms with van der Waals surface area (Å²) >= 11 is 0. The number of hydrogen-bond donors (Lipinski definition) is 1. The van der Waals surface area contributed by atoms with Crippen molar-refractivity contribution in [1.82, 2.24) is 0 Å². The lowest BCUT2D eigenvalue weighted by molar-refractivity contribution is 0.0995. The Kier molecular flexibility index (Phi) is 1.63. The van der Waals surface area contributed by atoms with Crippen molar-refractivity contribution in [2.45, 2.75) is 31.7 Å². The quantitative estimate of drug-likeness (QED) is 0.770. The molecule has 0 saturated heterocycles. The molecule has 2 aliphatic rings. The molecule has 0 atom stereocenters. The number of hydrogen-bond acceptors (Lipinski definition) is 2. The van der Waals surface area contributed by atoms with E-state index in [1.165, 1.54) is 18.4 Å². The molecular weight excluding hydrogens is 174 g/mol. The number of benzene rings is 1. The van der Waals surface area contributed by atoms with Crippen LogP contribution in [0.1, 0.15) is 35.2 Å². The Hall–Kier alpha value is -1.31. The lowest BCUT2D eigenvalue weighted by atomic mass is 10.1. The molecule has 0 heterocycles. The van der Waals surface area contributed by atoms with Gasteiger partial charge < -0.3 is 5.32 Å². The van der Waals surface area contributed by atoms with Gasteiger partial charge in [-0.3, -0.25) is 4.79 Å². The van der Waals surface area contributed by atoms with Gasteiger partial charge in [0.25, 0.3) is 0 Å². The van der Waals surface area contributed by atoms with Crippen LogP contribution >= 0.6 is 0 Å². The molecule has 1 aromatic carbocycles. The maximum absolute atomic E-state index is 11.6. The summed E-state index contributed by atoms with van der Waals surface area (Å²) in [5.74, 6) is 0.309. The Balaban J connectivity index is 2.02. The van der Waals surface area contributed by atoms with Gasteiger partial charge in [0.15, 0.2) is 5.78 Å². The highest BCUT2D eigenvalue weighted by Crippen LogP contribution is 2.32. The van der Waals surface area contributed by atoms with E-state index in [4.69, 9.17) is 0 Å². The van der Waals surface area contributed by atoms with Crippen molar-refractivity contribution in [1.29, 1.82) is 0 Å². The van der Waals surface area contributed by atoms with E-state index in [9.17, 15) is 4.79 Å². The second kappa shape index (κ2) is 2.84. The number of ketones is 1. The molecule has 0 unspecified atom stereocenters. The smallest absolute Gasteiger partial charge is 0.165 e. The minimum absolute atomic E-state index is 0.309. The predicted molar refractivity (Wildman–Crippen MR) is 55.7 cm³/mol. The van der Waals surface area contributed by atoms with Crippen LogP contribution in [0.2, 0.25) is 0 Å². The Bertz CT molecular complexity index is 393. The number of fused-ring (bicyclic) bond motifs is 1. The fourth-order valence-electron chi connectivity index (χ4n) is 2.08. The molecule has 1 fully saturated rings. The van der Waals surface area contributed by atoms with Crippen molar-refractivity contribution in [3.63, 3.8) is 0 Å². The Morgan fingerprint density at radius 1 is 1.21 bits per heavy atom. The van der Waals surface area contributed by atoms with Gasteiger partial charge >= 0.3 is 0 Å². The van der Waals surface area contributed by atoms with Crippen LogP contribution < -0.4 is 5.32 Å². The molecule has 0 amide bonds. The average Bonchev–Trinajstić information content (AvgIpc) is 2.91. The van der Waals surface area contributed by atoms with Crippen LogP contribution in [0.15, 0.2) is 18.2 Å². The summed E-state index contributed by atoms with van der Waals surface area (Å²) in [5.41, 5.74) is 3.24. The number of aryl methyl sites for hydroxylation is 1. The van der Waals surface area contributed by atoms with Crippen molar-refractivity contribution >= 4 is 11.5 Å². The fourth-order valence-corrected chi connectivity index (χ4v) is 2.08. The number of Topliss-reactive ketones (excluding diaryl/α,β-unsaturated/α-hetero) is 1. The average molecular weight is 187 g/mol. The number of anilines is 1. The SMILES string of the molecule is O=C1CCc2cccc(NC3CC3)c21. The summed E-state index contributed by atoms with van der Waals surface area (Å²) in [4.78, 5) is 11.6. The first-order chi connectivity index (χ1) is 6.84. The van der Waals surface area contributed by atoms with Crippen LogP contribution in [0.4, 0.5) is 5.69 Å². The zero-order chi connectivity index (χ0) is 9.54. The van der Waals surface area contributed by atoms with Crippen molar-refractivity contribution in [3.05, 3.63) is 29.3 Å². The standard InChI is InChI=1S/C12H13NO/c14-11-7-4-8-2-1-3-10(12(8)11)13-9-5-6-9/h1-3,9,13H,4-7H2. The van der Waals surface area contributed by atoms with Crippen LogP contribution in [0.3, 0.4) is 0 Å². The molecule has 3 rings (SSSR count). The number of nitrogens with one attached hydrogen (secondary N) is 1. The predicted octanol–water partition coefficient (Wildman–Crippen LogP) is 2.39. The monoisotopic (exact) mass is 187 g/mol. The molecule has 0 aliphatic heterocycles. The summed E-state index contributed by atoms with van der Waals surface area (Å²) in [5, 5.41) is 3.43. The van der Waals surface area contributed by atoms with Crippen LogP contribution in [0.25, 0.3) is 0 Å². The van der Waals surface area contributed by atoms with Crippen molar-refractivity contribution in [2.75, 3.05) is 5.32 Å². The molecule has 2 nitrogen and oxygen atoms in total. The van der Waals surface area contributed by atoms with Gasteiger partial charge in [-0.05, 0) is 30.9 Å². The van der Waals surface area contributed by atoms with E-state index in [-0.39, 0.29) is 0 Å². The van der Waals surface area contributed by atoms with Crippen LogP contribution in [-0.4, -0.2) is 11.8 Å². The summed E-state index contributed by atoms with van der Waals surface area (Å²) in [6.07, 6.45) is 4.11. The largest absolute Gasteiger partial charge is 0.382 e. The maximum atomic E-state index is 11.6. The van der Waals surface area contributed by atoms with E-state index >= 15 is 0 Å². The van der Waals surface area contributed by atoms with E-state index in [1.54, 1.807) is 0 Å². The second-order valence-corrected chi connectivity index (χ2v) is 4.18. The molecule has 0 radical (unpaired) electrons. The highest BCUT2D eigenvalue weighted by molar-refractivity contribution is 6.05. The molecule has 2 aliphatic carbocycles. The highest BCUT2D eigenvalue weighted by Gasteiger charge is 2.26. The van der Waals surface area contributed by atoms with Gasteiger partial charge in [-0.15, -0.1) is 0 Å². The van der Waals surface area contributed by atoms with Gasteiger partial charge in [-0.2, -0.15) is 0 Å². The van der Waals surface area contributed by atoms with Gasteiger partial charge in [-0.1, -0.05) is 12.1 Å². The number of carbonyl (C=O) groups is 1. The Morgan fingerprint density at radius 3 is 2.86 bits per heavy atom. The van der Waals surface area contributed by atoms with Gasteiger partial charge in [-0.25, -0.2) is 0 Å². The molecule has 1 aromatic rings. The molecule has 2 heteroatoms. The third-order valence-corrected chi connectivity index (χ3v) is 2.99. The molecule has 0 aromatic heterocycles. The third kappa shape index (κ3) is 1.22. The number of rotatable bonds is 2. The summed E-state index contributed by atoms with van der Waals surface area (Å²) in [6.45, 7) is 0. The number of carbonyl (C=O) groups excluding carboxylic acids is 1. The highest BCUT2D eigenvalue weighted by atomic mass is 16.1. The summed E-state index contributed by atoms with van der Waals surface area (Å²) in [7, 11) is 0. The van der Waals surface area contributed by atoms with Crippen LogP contribution in [0, 0.1) is 0 Å². The zero-order valence-corrected chi connectivity index (χ0v) is 8.05. The molecule has 0 bridgehead atoms. The molecule has 1 saturated carbocycles. The first kappa shape index (κ1) is 8.04. The summed E-state index contributed by atoms with van der Waals surface area (Å²) < 4.78 is 0. The molecule has 14 heavy (non-hydrogen) atoms. The Labute approximate surface area is 83.3 Å². The molecule has 1 N–H and O–H groups in total. The maximum Gasteiger partial charge on any atom is 0.165 e.